The highest BCUT2D eigenvalue weighted by Crippen LogP contribution is 2.21. The molecule has 1 amide bonds. The summed E-state index contributed by atoms with van der Waals surface area (Å²) in [6.45, 7) is 8.49. The standard InChI is InChI=1S/C16H30N2O2S/c1-16(2,3)20-15(19)18-8-4-5-13(12-18)11-17-14-6-9-21-10-7-14/h13-14,17H,4-12H2,1-3H3. The van der Waals surface area contributed by atoms with Gasteiger partial charge in [0.2, 0.25) is 0 Å². The second kappa shape index (κ2) is 7.73. The second-order valence-electron chi connectivity index (χ2n) is 7.23. The van der Waals surface area contributed by atoms with Crippen LogP contribution in [0.15, 0.2) is 0 Å². The van der Waals surface area contributed by atoms with E-state index in [4.69, 9.17) is 4.74 Å². The van der Waals surface area contributed by atoms with E-state index < -0.39 is 5.60 Å². The van der Waals surface area contributed by atoms with Gasteiger partial charge in [-0.25, -0.2) is 4.79 Å². The van der Waals surface area contributed by atoms with Gasteiger partial charge in [-0.15, -0.1) is 0 Å². The molecule has 0 aliphatic carbocycles. The minimum Gasteiger partial charge on any atom is -0.444 e. The minimum absolute atomic E-state index is 0.152. The molecule has 4 nitrogen and oxygen atoms in total. The van der Waals surface area contributed by atoms with E-state index in [1.54, 1.807) is 0 Å². The topological polar surface area (TPSA) is 41.6 Å². The third-order valence-corrected chi connectivity index (χ3v) is 5.14. The smallest absolute Gasteiger partial charge is 0.410 e. The number of rotatable bonds is 3. The number of carbonyl (C=O) groups excluding carboxylic acids is 1. The van der Waals surface area contributed by atoms with Crippen molar-refractivity contribution < 1.29 is 9.53 Å². The van der Waals surface area contributed by atoms with Crippen LogP contribution in [-0.4, -0.2) is 53.8 Å². The largest absolute Gasteiger partial charge is 0.444 e. The van der Waals surface area contributed by atoms with Crippen LogP contribution in [0.25, 0.3) is 0 Å². The first-order valence-corrected chi connectivity index (χ1v) is 9.38. The molecule has 21 heavy (non-hydrogen) atoms. The van der Waals surface area contributed by atoms with Gasteiger partial charge in [-0.3, -0.25) is 0 Å². The SMILES string of the molecule is CC(C)(C)OC(=O)N1CCCC(CNC2CCSCC2)C1. The van der Waals surface area contributed by atoms with Crippen molar-refractivity contribution in [1.29, 1.82) is 0 Å². The van der Waals surface area contributed by atoms with Crippen molar-refractivity contribution in [3.63, 3.8) is 0 Å². The van der Waals surface area contributed by atoms with Crippen LogP contribution < -0.4 is 5.32 Å². The summed E-state index contributed by atoms with van der Waals surface area (Å²) in [5, 5.41) is 3.71. The molecule has 1 N–H and O–H groups in total. The van der Waals surface area contributed by atoms with Crippen molar-refractivity contribution in [2.45, 2.75) is 58.1 Å². The third-order valence-electron chi connectivity index (χ3n) is 4.09. The Kier molecular flexibility index (Phi) is 6.23. The Morgan fingerprint density at radius 1 is 1.29 bits per heavy atom. The van der Waals surface area contributed by atoms with Crippen LogP contribution in [0.2, 0.25) is 0 Å². The van der Waals surface area contributed by atoms with E-state index in [2.05, 4.69) is 17.1 Å². The molecule has 0 radical (unpaired) electrons. The number of likely N-dealkylation sites (tertiary alicyclic amines) is 1. The van der Waals surface area contributed by atoms with E-state index in [0.29, 0.717) is 12.0 Å². The molecule has 0 aromatic rings. The van der Waals surface area contributed by atoms with Gasteiger partial charge in [0.15, 0.2) is 0 Å². The molecule has 0 aromatic heterocycles. The van der Waals surface area contributed by atoms with Crippen LogP contribution in [0.4, 0.5) is 4.79 Å². The van der Waals surface area contributed by atoms with Crippen LogP contribution in [-0.2, 0) is 4.74 Å². The summed E-state index contributed by atoms with van der Waals surface area (Å²) < 4.78 is 5.48. The van der Waals surface area contributed by atoms with E-state index in [-0.39, 0.29) is 6.09 Å². The second-order valence-corrected chi connectivity index (χ2v) is 8.45. The first kappa shape index (κ1) is 16.9. The van der Waals surface area contributed by atoms with Crippen molar-refractivity contribution in [2.24, 2.45) is 5.92 Å². The number of carbonyl (C=O) groups is 1. The third kappa shape index (κ3) is 6.07. The number of ether oxygens (including phenoxy) is 1. The zero-order valence-electron chi connectivity index (χ0n) is 13.7. The molecule has 2 aliphatic rings. The van der Waals surface area contributed by atoms with Crippen LogP contribution in [0.5, 0.6) is 0 Å². The molecule has 0 bridgehead atoms. The monoisotopic (exact) mass is 314 g/mol. The van der Waals surface area contributed by atoms with Crippen LogP contribution in [0.1, 0.15) is 46.5 Å². The lowest BCUT2D eigenvalue weighted by Crippen LogP contribution is -2.46. The van der Waals surface area contributed by atoms with E-state index >= 15 is 0 Å². The molecule has 0 aromatic carbocycles. The first-order chi connectivity index (χ1) is 9.94. The lowest BCUT2D eigenvalue weighted by atomic mass is 9.97. The number of hydrogen-bond acceptors (Lipinski definition) is 4. The van der Waals surface area contributed by atoms with Gasteiger partial charge in [-0.05, 0) is 70.4 Å². The van der Waals surface area contributed by atoms with Crippen molar-refractivity contribution in [3.05, 3.63) is 0 Å². The molecule has 0 saturated carbocycles. The van der Waals surface area contributed by atoms with Gasteiger partial charge >= 0.3 is 6.09 Å². The molecule has 5 heteroatoms. The van der Waals surface area contributed by atoms with Crippen molar-refractivity contribution >= 4 is 17.9 Å². The predicted molar refractivity (Wildman–Crippen MR) is 88.9 cm³/mol. The molecule has 1 atom stereocenters. The van der Waals surface area contributed by atoms with Gasteiger partial charge in [0.1, 0.15) is 5.60 Å². The van der Waals surface area contributed by atoms with E-state index in [9.17, 15) is 4.79 Å². The molecule has 2 fully saturated rings. The number of nitrogens with one attached hydrogen (secondary N) is 1. The van der Waals surface area contributed by atoms with E-state index in [0.717, 1.165) is 26.1 Å². The maximum atomic E-state index is 12.1. The summed E-state index contributed by atoms with van der Waals surface area (Å²) >= 11 is 2.06. The summed E-state index contributed by atoms with van der Waals surface area (Å²) in [5.41, 5.74) is -0.401. The maximum absolute atomic E-state index is 12.1. The highest BCUT2D eigenvalue weighted by molar-refractivity contribution is 7.99. The molecule has 122 valence electrons. The lowest BCUT2D eigenvalue weighted by Gasteiger charge is -2.35. The average Bonchev–Trinajstić information content (AvgIpc) is 2.45. The quantitative estimate of drug-likeness (QED) is 0.869. The summed E-state index contributed by atoms with van der Waals surface area (Å²) in [6, 6.07) is 0.683. The Labute approximate surface area is 133 Å². The Morgan fingerprint density at radius 2 is 2.00 bits per heavy atom. The maximum Gasteiger partial charge on any atom is 0.410 e. The van der Waals surface area contributed by atoms with Crippen molar-refractivity contribution in [3.8, 4) is 0 Å². The Hall–Kier alpha value is -0.420. The Balaban J connectivity index is 1.73. The lowest BCUT2D eigenvalue weighted by molar-refractivity contribution is 0.0165. The highest BCUT2D eigenvalue weighted by Gasteiger charge is 2.28. The predicted octanol–water partition coefficient (Wildman–Crippen LogP) is 3.12. The number of thioether (sulfide) groups is 1. The Morgan fingerprint density at radius 3 is 2.67 bits per heavy atom. The summed E-state index contributed by atoms with van der Waals surface area (Å²) in [4.78, 5) is 14.0. The Bertz CT molecular complexity index is 338. The van der Waals surface area contributed by atoms with Gasteiger partial charge in [-0.1, -0.05) is 0 Å². The molecule has 1 unspecified atom stereocenters. The normalized spacial score (nSPS) is 24.9. The summed E-state index contributed by atoms with van der Waals surface area (Å²) in [5.74, 6) is 3.14. The number of nitrogens with zero attached hydrogens (tertiary/aromatic N) is 1. The fourth-order valence-corrected chi connectivity index (χ4v) is 4.07. The number of amides is 1. The van der Waals surface area contributed by atoms with Crippen LogP contribution in [0.3, 0.4) is 0 Å². The van der Waals surface area contributed by atoms with Gasteiger partial charge in [0.25, 0.3) is 0 Å². The molecular formula is C16H30N2O2S. The first-order valence-electron chi connectivity index (χ1n) is 8.23. The van der Waals surface area contributed by atoms with Gasteiger partial charge in [0.05, 0.1) is 0 Å². The summed E-state index contributed by atoms with van der Waals surface area (Å²) in [6.07, 6.45) is 4.72. The fourth-order valence-electron chi connectivity index (χ4n) is 2.96. The zero-order chi connectivity index (χ0) is 15.3. The molecule has 2 rings (SSSR count). The minimum atomic E-state index is -0.401. The molecule has 2 saturated heterocycles. The van der Waals surface area contributed by atoms with E-state index in [1.807, 2.05) is 25.7 Å². The van der Waals surface area contributed by atoms with Crippen molar-refractivity contribution in [2.75, 3.05) is 31.1 Å². The van der Waals surface area contributed by atoms with Crippen molar-refractivity contribution in [1.82, 2.24) is 10.2 Å². The summed E-state index contributed by atoms with van der Waals surface area (Å²) in [7, 11) is 0. The average molecular weight is 314 g/mol. The van der Waals surface area contributed by atoms with Gasteiger partial charge in [-0.2, -0.15) is 11.8 Å². The molecular weight excluding hydrogens is 284 g/mol. The van der Waals surface area contributed by atoms with Crippen LogP contribution in [0, 0.1) is 5.92 Å². The fraction of sp³-hybridized carbons (Fsp3) is 0.938. The van der Waals surface area contributed by atoms with E-state index in [1.165, 1.54) is 30.8 Å². The van der Waals surface area contributed by atoms with Gasteiger partial charge in [0, 0.05) is 19.1 Å². The molecule has 2 heterocycles. The molecule has 2 aliphatic heterocycles. The highest BCUT2D eigenvalue weighted by atomic mass is 32.2. The number of piperidine rings is 1. The molecule has 0 spiro atoms. The van der Waals surface area contributed by atoms with Crippen LogP contribution >= 0.6 is 11.8 Å². The van der Waals surface area contributed by atoms with Gasteiger partial charge < -0.3 is 15.0 Å². The number of hydrogen-bond donors (Lipinski definition) is 1. The zero-order valence-corrected chi connectivity index (χ0v) is 14.5.